The van der Waals surface area contributed by atoms with Crippen molar-refractivity contribution in [2.24, 2.45) is 5.73 Å². The number of aromatic nitrogens is 3. The van der Waals surface area contributed by atoms with Gasteiger partial charge in [0.05, 0.1) is 12.4 Å². The molecule has 0 aliphatic carbocycles. The van der Waals surface area contributed by atoms with Crippen LogP contribution in [0.15, 0.2) is 29.4 Å². The number of nitrogens with two attached hydrogens (primary N) is 1. The Morgan fingerprint density at radius 1 is 1.39 bits per heavy atom. The molecule has 0 aromatic carbocycles. The van der Waals surface area contributed by atoms with Crippen LogP contribution in [0, 0.1) is 6.92 Å². The molecule has 0 aliphatic rings. The summed E-state index contributed by atoms with van der Waals surface area (Å²) in [6, 6.07) is 3.66. The van der Waals surface area contributed by atoms with Gasteiger partial charge in [-0.15, -0.1) is 0 Å². The molecule has 0 saturated carbocycles. The highest BCUT2D eigenvalue weighted by molar-refractivity contribution is 7.90. The number of rotatable bonds is 3. The molecule has 2 aromatic heterocycles. The smallest absolute Gasteiger partial charge is 0.178 e. The van der Waals surface area contributed by atoms with Crippen LogP contribution in [0.3, 0.4) is 0 Å². The van der Waals surface area contributed by atoms with E-state index in [-0.39, 0.29) is 4.90 Å². The van der Waals surface area contributed by atoms with Crippen LogP contribution in [-0.4, -0.2) is 29.4 Å². The van der Waals surface area contributed by atoms with Gasteiger partial charge in [-0.1, -0.05) is 0 Å². The molecule has 0 saturated heterocycles. The SMILES string of the molecule is Cc1cc(CN)cc(-n2cc(S(C)(=O)=O)cn2)n1. The fourth-order valence-electron chi connectivity index (χ4n) is 1.58. The maximum absolute atomic E-state index is 11.4. The highest BCUT2D eigenvalue weighted by Gasteiger charge is 2.11. The Kier molecular flexibility index (Phi) is 3.18. The summed E-state index contributed by atoms with van der Waals surface area (Å²) in [4.78, 5) is 4.46. The maximum atomic E-state index is 11.4. The van der Waals surface area contributed by atoms with Crippen molar-refractivity contribution in [2.45, 2.75) is 18.4 Å². The second kappa shape index (κ2) is 4.51. The number of hydrogen-bond donors (Lipinski definition) is 1. The number of pyridine rings is 1. The average molecular weight is 266 g/mol. The zero-order chi connectivity index (χ0) is 13.3. The van der Waals surface area contributed by atoms with Crippen molar-refractivity contribution in [2.75, 3.05) is 6.26 Å². The summed E-state index contributed by atoms with van der Waals surface area (Å²) in [6.07, 6.45) is 3.89. The lowest BCUT2D eigenvalue weighted by atomic mass is 10.2. The topological polar surface area (TPSA) is 90.9 Å². The van der Waals surface area contributed by atoms with E-state index in [4.69, 9.17) is 5.73 Å². The molecule has 6 nitrogen and oxygen atoms in total. The van der Waals surface area contributed by atoms with Crippen molar-refractivity contribution < 1.29 is 8.42 Å². The fraction of sp³-hybridized carbons (Fsp3) is 0.273. The van der Waals surface area contributed by atoms with Gasteiger partial charge in [0.15, 0.2) is 15.7 Å². The van der Waals surface area contributed by atoms with Crippen molar-refractivity contribution >= 4 is 9.84 Å². The first-order valence-electron chi connectivity index (χ1n) is 5.33. The van der Waals surface area contributed by atoms with Gasteiger partial charge in [0.1, 0.15) is 4.90 Å². The van der Waals surface area contributed by atoms with Crippen LogP contribution >= 0.6 is 0 Å². The van der Waals surface area contributed by atoms with E-state index in [9.17, 15) is 8.42 Å². The van der Waals surface area contributed by atoms with E-state index in [1.807, 2.05) is 13.0 Å². The molecular formula is C11H14N4O2S. The first-order valence-corrected chi connectivity index (χ1v) is 7.22. The zero-order valence-corrected chi connectivity index (χ0v) is 11.0. The van der Waals surface area contributed by atoms with Crippen LogP contribution in [0.1, 0.15) is 11.3 Å². The number of nitrogens with zero attached hydrogens (tertiary/aromatic N) is 3. The van der Waals surface area contributed by atoms with Gasteiger partial charge in [0.2, 0.25) is 0 Å². The van der Waals surface area contributed by atoms with Crippen LogP contribution < -0.4 is 5.73 Å². The highest BCUT2D eigenvalue weighted by Crippen LogP contribution is 2.13. The van der Waals surface area contributed by atoms with Crippen molar-refractivity contribution in [3.63, 3.8) is 0 Å². The van der Waals surface area contributed by atoms with E-state index >= 15 is 0 Å². The summed E-state index contributed by atoms with van der Waals surface area (Å²) in [6.45, 7) is 2.25. The lowest BCUT2D eigenvalue weighted by Gasteiger charge is -2.04. The zero-order valence-electron chi connectivity index (χ0n) is 10.2. The summed E-state index contributed by atoms with van der Waals surface area (Å²) in [7, 11) is -3.25. The van der Waals surface area contributed by atoms with Crippen LogP contribution in [-0.2, 0) is 16.4 Å². The quantitative estimate of drug-likeness (QED) is 0.870. The molecule has 0 amide bonds. The second-order valence-corrected chi connectivity index (χ2v) is 6.09. The first kappa shape index (κ1) is 12.7. The standard InChI is InChI=1S/C11H14N4O2S/c1-8-3-9(5-12)4-11(14-8)15-7-10(6-13-15)18(2,16)17/h3-4,6-7H,5,12H2,1-2H3. The Labute approximate surface area is 105 Å². The number of sulfone groups is 1. The van der Waals surface area contributed by atoms with E-state index < -0.39 is 9.84 Å². The van der Waals surface area contributed by atoms with E-state index in [0.29, 0.717) is 12.4 Å². The predicted molar refractivity (Wildman–Crippen MR) is 67.1 cm³/mol. The molecule has 96 valence electrons. The minimum atomic E-state index is -3.25. The highest BCUT2D eigenvalue weighted by atomic mass is 32.2. The maximum Gasteiger partial charge on any atom is 0.178 e. The van der Waals surface area contributed by atoms with Gasteiger partial charge in [-0.25, -0.2) is 18.1 Å². The molecule has 0 fully saturated rings. The molecular weight excluding hydrogens is 252 g/mol. The molecule has 18 heavy (non-hydrogen) atoms. The molecule has 7 heteroatoms. The largest absolute Gasteiger partial charge is 0.326 e. The summed E-state index contributed by atoms with van der Waals surface area (Å²) >= 11 is 0. The second-order valence-electron chi connectivity index (χ2n) is 4.07. The summed E-state index contributed by atoms with van der Waals surface area (Å²) in [5, 5.41) is 4.00. The van der Waals surface area contributed by atoms with E-state index in [1.54, 1.807) is 6.07 Å². The van der Waals surface area contributed by atoms with Gasteiger partial charge >= 0.3 is 0 Å². The third kappa shape index (κ3) is 2.57. The molecule has 2 rings (SSSR count). The normalized spacial score (nSPS) is 11.7. The lowest BCUT2D eigenvalue weighted by molar-refractivity contribution is 0.602. The van der Waals surface area contributed by atoms with Crippen LogP contribution in [0.25, 0.3) is 5.82 Å². The van der Waals surface area contributed by atoms with Crippen molar-refractivity contribution in [1.82, 2.24) is 14.8 Å². The third-order valence-electron chi connectivity index (χ3n) is 2.46. The minimum Gasteiger partial charge on any atom is -0.326 e. The van der Waals surface area contributed by atoms with Gasteiger partial charge in [-0.3, -0.25) is 0 Å². The Bertz CT molecular complexity index is 676. The molecule has 2 heterocycles. The first-order chi connectivity index (χ1) is 8.40. The van der Waals surface area contributed by atoms with Crippen LogP contribution in [0.4, 0.5) is 0 Å². The van der Waals surface area contributed by atoms with E-state index in [2.05, 4.69) is 10.1 Å². The molecule has 2 aromatic rings. The van der Waals surface area contributed by atoms with Gasteiger partial charge in [0, 0.05) is 18.5 Å². The Morgan fingerprint density at radius 2 is 2.11 bits per heavy atom. The van der Waals surface area contributed by atoms with Gasteiger partial charge in [-0.05, 0) is 24.6 Å². The van der Waals surface area contributed by atoms with Crippen LogP contribution in [0.2, 0.25) is 0 Å². The molecule has 0 radical (unpaired) electrons. The fourth-order valence-corrected chi connectivity index (χ4v) is 2.11. The Balaban J connectivity index is 2.49. The summed E-state index contributed by atoms with van der Waals surface area (Å²) < 4.78 is 24.2. The molecule has 0 unspecified atom stereocenters. The molecule has 0 atom stereocenters. The summed E-state index contributed by atoms with van der Waals surface area (Å²) in [5.74, 6) is 0.561. The van der Waals surface area contributed by atoms with E-state index in [0.717, 1.165) is 17.5 Å². The molecule has 2 N–H and O–H groups in total. The van der Waals surface area contributed by atoms with Crippen molar-refractivity contribution in [1.29, 1.82) is 0 Å². The summed E-state index contributed by atoms with van der Waals surface area (Å²) in [5.41, 5.74) is 7.32. The average Bonchev–Trinajstić information content (AvgIpc) is 2.77. The Morgan fingerprint density at radius 3 is 2.67 bits per heavy atom. The number of hydrogen-bond acceptors (Lipinski definition) is 5. The van der Waals surface area contributed by atoms with Gasteiger partial charge < -0.3 is 5.73 Å². The van der Waals surface area contributed by atoms with Gasteiger partial charge in [-0.2, -0.15) is 5.10 Å². The minimum absolute atomic E-state index is 0.167. The van der Waals surface area contributed by atoms with E-state index in [1.165, 1.54) is 17.1 Å². The lowest BCUT2D eigenvalue weighted by Crippen LogP contribution is -2.04. The molecule has 0 bridgehead atoms. The number of aryl methyl sites for hydroxylation is 1. The monoisotopic (exact) mass is 266 g/mol. The van der Waals surface area contributed by atoms with Crippen molar-refractivity contribution in [3.8, 4) is 5.82 Å². The molecule has 0 spiro atoms. The third-order valence-corrected chi connectivity index (χ3v) is 3.52. The molecule has 0 aliphatic heterocycles. The van der Waals surface area contributed by atoms with Gasteiger partial charge in [0.25, 0.3) is 0 Å². The van der Waals surface area contributed by atoms with Crippen molar-refractivity contribution in [3.05, 3.63) is 35.8 Å². The predicted octanol–water partition coefficient (Wildman–Crippen LogP) is 0.438. The van der Waals surface area contributed by atoms with Crippen LogP contribution in [0.5, 0.6) is 0 Å². The Hall–Kier alpha value is -1.73.